The van der Waals surface area contributed by atoms with Crippen molar-refractivity contribution in [3.63, 3.8) is 0 Å². The van der Waals surface area contributed by atoms with Crippen LogP contribution in [0.15, 0.2) is 30.3 Å². The molecule has 1 N–H and O–H groups in total. The zero-order valence-electron chi connectivity index (χ0n) is 19.6. The summed E-state index contributed by atoms with van der Waals surface area (Å²) in [7, 11) is 0. The van der Waals surface area contributed by atoms with Crippen LogP contribution in [0.2, 0.25) is 10.2 Å². The van der Waals surface area contributed by atoms with Crippen molar-refractivity contribution >= 4 is 41.0 Å². The van der Waals surface area contributed by atoms with Gasteiger partial charge in [-0.15, -0.1) is 0 Å². The fourth-order valence-electron chi connectivity index (χ4n) is 4.06. The van der Waals surface area contributed by atoms with Gasteiger partial charge in [-0.1, -0.05) is 53.5 Å². The first kappa shape index (κ1) is 24.4. The minimum absolute atomic E-state index is 0.0474. The molecular formula is C24H28Cl2N4O4. The third-order valence-electron chi connectivity index (χ3n) is 5.74. The van der Waals surface area contributed by atoms with Crippen molar-refractivity contribution in [2.24, 2.45) is 0 Å². The van der Waals surface area contributed by atoms with Gasteiger partial charge in [-0.05, 0) is 33.3 Å². The Balaban J connectivity index is 1.62. The number of rotatable bonds is 3. The van der Waals surface area contributed by atoms with Crippen molar-refractivity contribution < 1.29 is 19.1 Å². The Morgan fingerprint density at radius 3 is 2.62 bits per heavy atom. The number of nitrogens with one attached hydrogen (secondary N) is 1. The molecule has 1 fully saturated rings. The lowest BCUT2D eigenvalue weighted by Gasteiger charge is -2.40. The van der Waals surface area contributed by atoms with Crippen LogP contribution < -0.4 is 10.1 Å². The molecule has 0 saturated carbocycles. The minimum atomic E-state index is -0.605. The third kappa shape index (κ3) is 5.03. The van der Waals surface area contributed by atoms with Gasteiger partial charge in [0.15, 0.2) is 10.9 Å². The summed E-state index contributed by atoms with van der Waals surface area (Å²) in [6.45, 7) is 8.56. The lowest BCUT2D eigenvalue weighted by Crippen LogP contribution is -2.58. The number of carbonyl (C=O) groups excluding carboxylic acids is 2. The quantitative estimate of drug-likeness (QED) is 0.588. The Morgan fingerprint density at radius 1 is 1.24 bits per heavy atom. The number of nitrogens with zero attached hydrogens (tertiary/aromatic N) is 3. The minimum Gasteiger partial charge on any atom is -0.489 e. The van der Waals surface area contributed by atoms with E-state index in [1.54, 1.807) is 9.80 Å². The summed E-state index contributed by atoms with van der Waals surface area (Å²) in [5.41, 5.74) is 0.659. The predicted octanol–water partition coefficient (Wildman–Crippen LogP) is 5.02. The second-order valence-electron chi connectivity index (χ2n) is 9.44. The molecule has 0 bridgehead atoms. The second kappa shape index (κ2) is 9.50. The number of pyridine rings is 1. The van der Waals surface area contributed by atoms with Gasteiger partial charge < -0.3 is 24.6 Å². The number of carbonyl (C=O) groups is 2. The molecule has 2 aliphatic heterocycles. The summed E-state index contributed by atoms with van der Waals surface area (Å²) in [6.07, 6.45) is -0.414. The van der Waals surface area contributed by atoms with Crippen molar-refractivity contribution in [3.05, 3.63) is 51.6 Å². The number of aromatic nitrogens is 1. The smallest absolute Gasteiger partial charge is 0.410 e. The zero-order valence-corrected chi connectivity index (χ0v) is 21.1. The molecule has 1 aromatic heterocycles. The van der Waals surface area contributed by atoms with Crippen LogP contribution in [0.4, 0.5) is 10.6 Å². The average molecular weight is 507 g/mol. The number of benzene rings is 1. The van der Waals surface area contributed by atoms with Crippen LogP contribution in [0.3, 0.4) is 0 Å². The highest BCUT2D eigenvalue weighted by atomic mass is 35.5. The monoisotopic (exact) mass is 506 g/mol. The number of amides is 2. The van der Waals surface area contributed by atoms with Crippen LogP contribution in [0, 0.1) is 0 Å². The Morgan fingerprint density at radius 2 is 1.94 bits per heavy atom. The van der Waals surface area contributed by atoms with Crippen LogP contribution in [0.25, 0.3) is 0 Å². The van der Waals surface area contributed by atoms with Crippen molar-refractivity contribution in [1.82, 2.24) is 14.8 Å². The molecular weight excluding hydrogens is 479 g/mol. The van der Waals surface area contributed by atoms with Crippen molar-refractivity contribution in [3.8, 4) is 5.75 Å². The van der Waals surface area contributed by atoms with E-state index in [0.29, 0.717) is 18.9 Å². The SMILES string of the molecule is C[C@H](Nc1nc(Cl)c(Cl)c2c1C(=O)N1CCN(C(=O)OC(C)(C)C)C[C@@H]1CO2)c1ccccc1. The molecule has 2 aromatic rings. The van der Waals surface area contributed by atoms with E-state index >= 15 is 0 Å². The first-order chi connectivity index (χ1) is 16.0. The summed E-state index contributed by atoms with van der Waals surface area (Å²) >= 11 is 12.7. The average Bonchev–Trinajstić information content (AvgIpc) is 2.93. The summed E-state index contributed by atoms with van der Waals surface area (Å²) in [5, 5.41) is 3.43. The summed E-state index contributed by atoms with van der Waals surface area (Å²) in [6, 6.07) is 9.28. The summed E-state index contributed by atoms with van der Waals surface area (Å²) < 4.78 is 11.5. The summed E-state index contributed by atoms with van der Waals surface area (Å²) in [4.78, 5) is 34.0. The highest BCUT2D eigenvalue weighted by Crippen LogP contribution is 2.41. The van der Waals surface area contributed by atoms with Crippen LogP contribution >= 0.6 is 23.2 Å². The topological polar surface area (TPSA) is 84.0 Å². The van der Waals surface area contributed by atoms with E-state index < -0.39 is 11.7 Å². The highest BCUT2D eigenvalue weighted by Gasteiger charge is 2.40. The van der Waals surface area contributed by atoms with Gasteiger partial charge in [0.05, 0.1) is 6.04 Å². The van der Waals surface area contributed by atoms with E-state index in [-0.39, 0.29) is 52.6 Å². The lowest BCUT2D eigenvalue weighted by atomic mass is 10.1. The normalized spacial score (nSPS) is 18.9. The fraction of sp³-hybridized carbons (Fsp3) is 0.458. The number of ether oxygens (including phenoxy) is 2. The van der Waals surface area contributed by atoms with Gasteiger partial charge in [0.1, 0.15) is 28.6 Å². The van der Waals surface area contributed by atoms with Crippen LogP contribution in [-0.2, 0) is 4.74 Å². The molecule has 2 aliphatic rings. The van der Waals surface area contributed by atoms with Gasteiger partial charge in [0.25, 0.3) is 5.91 Å². The second-order valence-corrected chi connectivity index (χ2v) is 10.2. The number of halogens is 2. The van der Waals surface area contributed by atoms with Crippen LogP contribution in [0.1, 0.15) is 49.7 Å². The molecule has 4 rings (SSSR count). The number of anilines is 1. The number of fused-ring (bicyclic) bond motifs is 2. The maximum atomic E-state index is 13.7. The van der Waals surface area contributed by atoms with Crippen molar-refractivity contribution in [1.29, 1.82) is 0 Å². The molecule has 8 nitrogen and oxygen atoms in total. The zero-order chi connectivity index (χ0) is 24.6. The molecule has 34 heavy (non-hydrogen) atoms. The maximum Gasteiger partial charge on any atom is 0.410 e. The molecule has 3 heterocycles. The molecule has 0 unspecified atom stereocenters. The molecule has 0 spiro atoms. The molecule has 2 amide bonds. The Kier molecular flexibility index (Phi) is 6.82. The van der Waals surface area contributed by atoms with Gasteiger partial charge in [-0.3, -0.25) is 4.79 Å². The van der Waals surface area contributed by atoms with E-state index in [2.05, 4.69) is 10.3 Å². The largest absolute Gasteiger partial charge is 0.489 e. The molecule has 1 aromatic carbocycles. The molecule has 0 radical (unpaired) electrons. The molecule has 1 saturated heterocycles. The van der Waals surface area contributed by atoms with E-state index in [9.17, 15) is 9.59 Å². The van der Waals surface area contributed by atoms with Gasteiger partial charge in [-0.2, -0.15) is 0 Å². The molecule has 182 valence electrons. The number of piperazine rings is 1. The van der Waals surface area contributed by atoms with Gasteiger partial charge in [0, 0.05) is 25.7 Å². The predicted molar refractivity (Wildman–Crippen MR) is 131 cm³/mol. The van der Waals surface area contributed by atoms with E-state index in [0.717, 1.165) is 5.56 Å². The Hall–Kier alpha value is -2.71. The van der Waals surface area contributed by atoms with Gasteiger partial charge in [0.2, 0.25) is 0 Å². The van der Waals surface area contributed by atoms with Crippen molar-refractivity contribution in [2.45, 2.75) is 45.4 Å². The standard InChI is InChI=1S/C24H28Cl2N4O4/c1-14(15-8-6-5-7-9-15)27-21-17-19(18(25)20(26)28-21)33-13-16-12-29(10-11-30(16)22(17)31)23(32)34-24(2,3)4/h5-9,14,16H,10-13H2,1-4H3,(H,27,28)/t14-,16+/m0/s1. The third-order valence-corrected chi connectivity index (χ3v) is 6.46. The Bertz CT molecular complexity index is 1090. The van der Waals surface area contributed by atoms with Crippen LogP contribution in [0.5, 0.6) is 5.75 Å². The lowest BCUT2D eigenvalue weighted by molar-refractivity contribution is 0.000957. The maximum absolute atomic E-state index is 13.7. The first-order valence-corrected chi connectivity index (χ1v) is 11.9. The first-order valence-electron chi connectivity index (χ1n) is 11.2. The molecule has 2 atom stereocenters. The molecule has 10 heteroatoms. The van der Waals surface area contributed by atoms with Gasteiger partial charge >= 0.3 is 6.09 Å². The highest BCUT2D eigenvalue weighted by molar-refractivity contribution is 6.42. The van der Waals surface area contributed by atoms with E-state index in [1.807, 2.05) is 58.0 Å². The molecule has 0 aliphatic carbocycles. The number of hydrogen-bond acceptors (Lipinski definition) is 6. The number of hydrogen-bond donors (Lipinski definition) is 1. The Labute approximate surface area is 209 Å². The van der Waals surface area contributed by atoms with Crippen molar-refractivity contribution in [2.75, 3.05) is 31.6 Å². The summed E-state index contributed by atoms with van der Waals surface area (Å²) in [5.74, 6) is 0.240. The van der Waals surface area contributed by atoms with E-state index in [1.165, 1.54) is 0 Å². The van der Waals surface area contributed by atoms with Gasteiger partial charge in [-0.25, -0.2) is 9.78 Å². The van der Waals surface area contributed by atoms with Crippen LogP contribution in [-0.4, -0.2) is 64.7 Å². The van der Waals surface area contributed by atoms with E-state index in [4.69, 9.17) is 32.7 Å². The fourth-order valence-corrected chi connectivity index (χ4v) is 4.43.